The second kappa shape index (κ2) is 13.3. The highest BCUT2D eigenvalue weighted by Gasteiger charge is 2.29. The van der Waals surface area contributed by atoms with E-state index in [1.165, 1.54) is 0 Å². The van der Waals surface area contributed by atoms with E-state index in [-0.39, 0.29) is 0 Å². The third-order valence-corrected chi connectivity index (χ3v) is 5.55. The third-order valence-electron chi connectivity index (χ3n) is 5.55. The number of hydrogen-bond donors (Lipinski definition) is 6. The second-order valence-corrected chi connectivity index (χ2v) is 8.63. The highest BCUT2D eigenvalue weighted by Crippen LogP contribution is 2.21. The molecule has 1 aliphatic rings. The zero-order valence-electron chi connectivity index (χ0n) is 21.0. The van der Waals surface area contributed by atoms with Gasteiger partial charge in [-0.3, -0.25) is 5.10 Å². The van der Waals surface area contributed by atoms with Gasteiger partial charge in [0.15, 0.2) is 23.9 Å². The molecule has 0 saturated carbocycles. The van der Waals surface area contributed by atoms with Crippen LogP contribution in [-0.4, -0.2) is 103 Å². The topological polar surface area (TPSA) is 188 Å². The second-order valence-electron chi connectivity index (χ2n) is 8.63. The quantitative estimate of drug-likeness (QED) is 0.246. The van der Waals surface area contributed by atoms with Gasteiger partial charge in [-0.2, -0.15) is 5.10 Å². The van der Waals surface area contributed by atoms with Crippen molar-refractivity contribution in [3.05, 3.63) is 59.5 Å². The van der Waals surface area contributed by atoms with Crippen molar-refractivity contribution < 1.29 is 30.0 Å². The van der Waals surface area contributed by atoms with E-state index in [0.717, 1.165) is 54.9 Å². The number of H-pyrrole nitrogens is 1. The Balaban J connectivity index is 0.000000342. The molecule has 3 aromatic rings. The molecule has 1 saturated heterocycles. The molecular weight excluding hydrogens is 494 g/mol. The molecule has 2 atom stereocenters. The summed E-state index contributed by atoms with van der Waals surface area (Å²) in [5, 5.41) is 43.0. The molecule has 6 N–H and O–H groups in total. The van der Waals surface area contributed by atoms with Crippen molar-refractivity contribution in [3.8, 4) is 0 Å². The van der Waals surface area contributed by atoms with Crippen LogP contribution in [0.15, 0.2) is 42.5 Å². The Morgan fingerprint density at radius 3 is 2.13 bits per heavy atom. The lowest BCUT2D eigenvalue weighted by Crippen LogP contribution is -2.44. The van der Waals surface area contributed by atoms with Gasteiger partial charge in [-0.15, -0.1) is 0 Å². The number of anilines is 3. The van der Waals surface area contributed by atoms with Crippen LogP contribution in [0.1, 0.15) is 17.1 Å². The molecule has 1 aliphatic heterocycles. The number of aliphatic hydroxyl groups is 2. The number of carboxylic acid groups (broad SMARTS) is 2. The van der Waals surface area contributed by atoms with Crippen molar-refractivity contribution in [3.63, 3.8) is 0 Å². The van der Waals surface area contributed by atoms with E-state index < -0.39 is 24.1 Å². The van der Waals surface area contributed by atoms with Crippen LogP contribution in [0.2, 0.25) is 0 Å². The lowest BCUT2D eigenvalue weighted by atomic mass is 10.2. The molecule has 2 aromatic heterocycles. The molecule has 4 rings (SSSR count). The van der Waals surface area contributed by atoms with E-state index in [1.54, 1.807) is 0 Å². The zero-order chi connectivity index (χ0) is 27.7. The smallest absolute Gasteiger partial charge is 0.335 e. The molecule has 1 fully saturated rings. The largest absolute Gasteiger partial charge is 0.479 e. The van der Waals surface area contributed by atoms with Gasteiger partial charge in [-0.1, -0.05) is 36.4 Å². The van der Waals surface area contributed by atoms with E-state index in [2.05, 4.69) is 49.5 Å². The number of nitrogens with zero attached hydrogens (tertiary/aromatic N) is 5. The summed E-state index contributed by atoms with van der Waals surface area (Å²) in [7, 11) is 2.15. The van der Waals surface area contributed by atoms with Crippen LogP contribution in [0.5, 0.6) is 0 Å². The minimum Gasteiger partial charge on any atom is -0.479 e. The number of nitrogens with one attached hydrogen (secondary N) is 2. The SMILES string of the molecule is Cc1cc(Nc2cc(N3CCN(C)CC3)nc(C=Cc3ccccc3)n2)n[nH]1.O=C(O)[C@@H](O)[C@H](O)C(=O)O. The van der Waals surface area contributed by atoms with Crippen molar-refractivity contribution in [2.75, 3.05) is 43.4 Å². The summed E-state index contributed by atoms with van der Waals surface area (Å²) in [6.07, 6.45) is -0.545. The average molecular weight is 526 g/mol. The summed E-state index contributed by atoms with van der Waals surface area (Å²) >= 11 is 0. The van der Waals surface area contributed by atoms with Crippen molar-refractivity contribution in [2.45, 2.75) is 19.1 Å². The summed E-state index contributed by atoms with van der Waals surface area (Å²) < 4.78 is 0. The monoisotopic (exact) mass is 525 g/mol. The first-order chi connectivity index (χ1) is 18.1. The molecule has 0 aliphatic carbocycles. The van der Waals surface area contributed by atoms with E-state index in [1.807, 2.05) is 49.4 Å². The highest BCUT2D eigenvalue weighted by molar-refractivity contribution is 5.83. The molecule has 38 heavy (non-hydrogen) atoms. The molecule has 0 bridgehead atoms. The van der Waals surface area contributed by atoms with E-state index in [9.17, 15) is 9.59 Å². The number of carboxylic acids is 2. The van der Waals surface area contributed by atoms with Gasteiger partial charge in [0, 0.05) is 44.0 Å². The molecule has 3 heterocycles. The van der Waals surface area contributed by atoms with E-state index in [4.69, 9.17) is 25.4 Å². The molecular formula is C25H31N7O6. The number of aromatic nitrogens is 4. The first kappa shape index (κ1) is 28.2. The number of aromatic amines is 1. The zero-order valence-corrected chi connectivity index (χ0v) is 21.0. The van der Waals surface area contributed by atoms with Crippen LogP contribution < -0.4 is 10.2 Å². The predicted octanol–water partition coefficient (Wildman–Crippen LogP) is 1.05. The molecule has 202 valence electrons. The third kappa shape index (κ3) is 8.37. The number of benzene rings is 1. The van der Waals surface area contributed by atoms with Crippen LogP contribution in [0, 0.1) is 6.92 Å². The van der Waals surface area contributed by atoms with Crippen molar-refractivity contribution >= 4 is 41.5 Å². The maximum atomic E-state index is 9.77. The number of carbonyl (C=O) groups is 2. The highest BCUT2D eigenvalue weighted by atomic mass is 16.4. The van der Waals surface area contributed by atoms with Gasteiger partial charge in [0.2, 0.25) is 0 Å². The van der Waals surface area contributed by atoms with Gasteiger partial charge < -0.3 is 35.5 Å². The van der Waals surface area contributed by atoms with Gasteiger partial charge in [0.25, 0.3) is 0 Å². The fraction of sp³-hybridized carbons (Fsp3) is 0.320. The van der Waals surface area contributed by atoms with Crippen molar-refractivity contribution in [1.82, 2.24) is 25.1 Å². The van der Waals surface area contributed by atoms with Crippen LogP contribution >= 0.6 is 0 Å². The fourth-order valence-corrected chi connectivity index (χ4v) is 3.41. The van der Waals surface area contributed by atoms with Crippen molar-refractivity contribution in [1.29, 1.82) is 0 Å². The Kier molecular flexibility index (Phi) is 9.87. The predicted molar refractivity (Wildman–Crippen MR) is 141 cm³/mol. The van der Waals surface area contributed by atoms with Crippen molar-refractivity contribution in [2.24, 2.45) is 0 Å². The Morgan fingerprint density at radius 2 is 1.58 bits per heavy atom. The summed E-state index contributed by atoms with van der Waals surface area (Å²) in [6, 6.07) is 14.1. The average Bonchev–Trinajstić information content (AvgIpc) is 3.32. The Hall–Kier alpha value is -4.33. The minimum atomic E-state index is -2.27. The minimum absolute atomic E-state index is 0.676. The number of piperazine rings is 1. The van der Waals surface area contributed by atoms with Crippen LogP contribution in [0.4, 0.5) is 17.5 Å². The number of likely N-dealkylation sites (N-methyl/N-ethyl adjacent to an activating group) is 1. The molecule has 13 heteroatoms. The van der Waals surface area contributed by atoms with Gasteiger partial charge in [0.05, 0.1) is 0 Å². The Bertz CT molecular complexity index is 1220. The summed E-state index contributed by atoms with van der Waals surface area (Å²) in [5.74, 6) is -0.438. The normalized spacial score (nSPS) is 15.4. The van der Waals surface area contributed by atoms with Gasteiger partial charge in [-0.25, -0.2) is 19.6 Å². The number of hydrogen-bond acceptors (Lipinski definition) is 10. The van der Waals surface area contributed by atoms with Gasteiger partial charge in [-0.05, 0) is 25.6 Å². The van der Waals surface area contributed by atoms with Crippen LogP contribution in [-0.2, 0) is 9.59 Å². The Morgan fingerprint density at radius 1 is 0.947 bits per heavy atom. The number of aryl methyl sites for hydroxylation is 1. The number of aliphatic carboxylic acids is 2. The maximum Gasteiger partial charge on any atom is 0.335 e. The summed E-state index contributed by atoms with van der Waals surface area (Å²) in [6.45, 7) is 5.94. The lowest BCUT2D eigenvalue weighted by Gasteiger charge is -2.33. The first-order valence-corrected chi connectivity index (χ1v) is 11.8. The molecule has 0 unspecified atom stereocenters. The number of aliphatic hydroxyl groups excluding tert-OH is 2. The first-order valence-electron chi connectivity index (χ1n) is 11.8. The fourth-order valence-electron chi connectivity index (χ4n) is 3.41. The summed E-state index contributed by atoms with van der Waals surface area (Å²) in [4.78, 5) is 33.6. The molecule has 13 nitrogen and oxygen atoms in total. The Labute approximate surface area is 219 Å². The molecule has 0 radical (unpaired) electrons. The lowest BCUT2D eigenvalue weighted by molar-refractivity contribution is -0.165. The summed E-state index contributed by atoms with van der Waals surface area (Å²) in [5.41, 5.74) is 2.12. The van der Waals surface area contributed by atoms with Gasteiger partial charge >= 0.3 is 11.9 Å². The maximum absolute atomic E-state index is 9.77. The van der Waals surface area contributed by atoms with Gasteiger partial charge in [0.1, 0.15) is 11.6 Å². The number of rotatable bonds is 8. The molecule has 0 amide bonds. The standard InChI is InChI=1S/C21H25N7.C4H6O6/c1-16-14-20(26-25-16)23-19-15-21(28-12-10-27(2)11-13-28)24-18(22-19)9-8-17-6-4-3-5-7-17;5-1(3(7)8)2(6)4(9)10/h3-9,14-15H,10-13H2,1-2H3,(H2,22,23,24,25,26);1-2,5-6H,(H,7,8)(H,9,10)/t;1-,2-/m.0/s1. The van der Waals surface area contributed by atoms with Crippen LogP contribution in [0.3, 0.4) is 0 Å². The molecule has 1 aromatic carbocycles. The van der Waals surface area contributed by atoms with E-state index in [0.29, 0.717) is 5.82 Å². The van der Waals surface area contributed by atoms with Crippen LogP contribution in [0.25, 0.3) is 12.2 Å². The molecule has 0 spiro atoms. The van der Waals surface area contributed by atoms with E-state index >= 15 is 0 Å².